The molecule has 0 spiro atoms. The molecule has 0 bridgehead atoms. The molecule has 0 saturated heterocycles. The number of methoxy groups -OCH3 is 1. The molecule has 3 aromatic rings. The van der Waals surface area contributed by atoms with Gasteiger partial charge in [-0.25, -0.2) is 0 Å². The first kappa shape index (κ1) is 19.2. The van der Waals surface area contributed by atoms with Crippen LogP contribution in [-0.2, 0) is 6.42 Å². The molecule has 1 aromatic heterocycles. The van der Waals surface area contributed by atoms with Crippen molar-refractivity contribution < 1.29 is 4.74 Å². The minimum Gasteiger partial charge on any atom is -0.496 e. The van der Waals surface area contributed by atoms with Crippen LogP contribution in [0.2, 0.25) is 0 Å². The fraction of sp³-hybridized carbons (Fsp3) is 0.136. The second kappa shape index (κ2) is 8.39. The number of para-hydroxylation sites is 1. The highest BCUT2D eigenvalue weighted by atomic mass is 32.1. The van der Waals surface area contributed by atoms with Crippen molar-refractivity contribution in [2.75, 3.05) is 7.11 Å². The second-order valence-corrected chi connectivity index (χ2v) is 6.95. The van der Waals surface area contributed by atoms with Crippen LogP contribution >= 0.6 is 11.3 Å². The summed E-state index contributed by atoms with van der Waals surface area (Å²) in [6, 6.07) is 18.7. The molecule has 1 heterocycles. The van der Waals surface area contributed by atoms with Gasteiger partial charge in [-0.2, -0.15) is 10.5 Å². The van der Waals surface area contributed by atoms with Crippen molar-refractivity contribution in [1.82, 2.24) is 4.57 Å². The largest absolute Gasteiger partial charge is 0.496 e. The van der Waals surface area contributed by atoms with Crippen LogP contribution in [0.4, 0.5) is 0 Å². The van der Waals surface area contributed by atoms with Gasteiger partial charge < -0.3 is 4.74 Å². The van der Waals surface area contributed by atoms with Gasteiger partial charge in [-0.1, -0.05) is 37.3 Å². The van der Waals surface area contributed by atoms with Crippen molar-refractivity contribution in [3.05, 3.63) is 79.2 Å². The number of nitriles is 2. The van der Waals surface area contributed by atoms with Crippen LogP contribution < -0.4 is 19.5 Å². The van der Waals surface area contributed by atoms with E-state index in [1.165, 1.54) is 4.57 Å². The number of benzene rings is 2. The van der Waals surface area contributed by atoms with E-state index in [0.29, 0.717) is 20.6 Å². The minimum atomic E-state index is -0.276. The average molecular weight is 387 g/mol. The number of hydrogen-bond donors (Lipinski definition) is 0. The monoisotopic (exact) mass is 387 g/mol. The molecule has 0 radical (unpaired) electrons. The number of rotatable bonds is 4. The van der Waals surface area contributed by atoms with Crippen molar-refractivity contribution in [3.8, 4) is 23.6 Å². The van der Waals surface area contributed by atoms with Gasteiger partial charge >= 0.3 is 0 Å². The Balaban J connectivity index is 2.40. The summed E-state index contributed by atoms with van der Waals surface area (Å²) in [5.74, 6) is 0.640. The zero-order valence-electron chi connectivity index (χ0n) is 15.5. The molecule has 0 unspecified atom stereocenters. The maximum atomic E-state index is 13.2. The second-order valence-electron chi connectivity index (χ2n) is 5.92. The number of nitrogens with zero attached hydrogens (tertiary/aromatic N) is 3. The zero-order valence-corrected chi connectivity index (χ0v) is 16.3. The van der Waals surface area contributed by atoms with E-state index in [0.717, 1.165) is 28.9 Å². The summed E-state index contributed by atoms with van der Waals surface area (Å²) in [6.07, 6.45) is 2.54. The van der Waals surface area contributed by atoms with E-state index in [9.17, 15) is 15.3 Å². The highest BCUT2D eigenvalue weighted by Gasteiger charge is 2.12. The fourth-order valence-electron chi connectivity index (χ4n) is 2.85. The minimum absolute atomic E-state index is 0.0938. The SMILES string of the molecule is CCc1cccc(-n2c(=C(C#N)C#N)s/c(=C/c3ccccc3OC)c2=O)c1. The quantitative estimate of drug-likeness (QED) is 0.689. The smallest absolute Gasteiger partial charge is 0.273 e. The van der Waals surface area contributed by atoms with Gasteiger partial charge in [-0.05, 0) is 36.3 Å². The highest BCUT2D eigenvalue weighted by Crippen LogP contribution is 2.17. The number of aryl methyl sites for hydroxylation is 1. The lowest BCUT2D eigenvalue weighted by Crippen LogP contribution is -2.30. The Bertz CT molecular complexity index is 1270. The number of thiazole rings is 1. The lowest BCUT2D eigenvalue weighted by molar-refractivity contribution is 0.414. The Morgan fingerprint density at radius 2 is 1.93 bits per heavy atom. The maximum absolute atomic E-state index is 13.2. The van der Waals surface area contributed by atoms with E-state index in [1.807, 2.05) is 61.5 Å². The molecular formula is C22H17N3O2S. The van der Waals surface area contributed by atoms with Gasteiger partial charge in [-0.15, -0.1) is 11.3 Å². The lowest BCUT2D eigenvalue weighted by Gasteiger charge is -2.04. The summed E-state index contributed by atoms with van der Waals surface area (Å²) in [7, 11) is 1.57. The average Bonchev–Trinajstić information content (AvgIpc) is 3.05. The Morgan fingerprint density at radius 3 is 2.61 bits per heavy atom. The molecule has 2 aromatic carbocycles. The third kappa shape index (κ3) is 3.59. The van der Waals surface area contributed by atoms with E-state index in [1.54, 1.807) is 19.3 Å². The van der Waals surface area contributed by atoms with Crippen LogP contribution in [0.5, 0.6) is 5.75 Å². The Morgan fingerprint density at radius 1 is 1.18 bits per heavy atom. The first-order valence-electron chi connectivity index (χ1n) is 8.63. The molecule has 0 amide bonds. The van der Waals surface area contributed by atoms with Crippen LogP contribution in [0.25, 0.3) is 17.3 Å². The van der Waals surface area contributed by atoms with Gasteiger partial charge in [0, 0.05) is 5.56 Å². The molecule has 0 aliphatic heterocycles. The summed E-state index contributed by atoms with van der Waals surface area (Å²) in [4.78, 5) is 13.2. The summed E-state index contributed by atoms with van der Waals surface area (Å²) in [6.45, 7) is 2.03. The van der Waals surface area contributed by atoms with Crippen LogP contribution in [0, 0.1) is 22.7 Å². The van der Waals surface area contributed by atoms with E-state index in [4.69, 9.17) is 4.74 Å². The van der Waals surface area contributed by atoms with Crippen molar-refractivity contribution in [2.45, 2.75) is 13.3 Å². The van der Waals surface area contributed by atoms with E-state index < -0.39 is 0 Å². The number of hydrogen-bond acceptors (Lipinski definition) is 5. The molecule has 0 saturated carbocycles. The lowest BCUT2D eigenvalue weighted by atomic mass is 10.1. The summed E-state index contributed by atoms with van der Waals surface area (Å²) < 4.78 is 7.54. The summed E-state index contributed by atoms with van der Waals surface area (Å²) >= 11 is 1.12. The third-order valence-corrected chi connectivity index (χ3v) is 5.36. The van der Waals surface area contributed by atoms with Gasteiger partial charge in [-0.3, -0.25) is 9.36 Å². The normalized spacial score (nSPS) is 10.9. The molecule has 3 rings (SSSR count). The van der Waals surface area contributed by atoms with Gasteiger partial charge in [0.05, 0.1) is 17.3 Å². The van der Waals surface area contributed by atoms with Gasteiger partial charge in [0.15, 0.2) is 5.57 Å². The molecule has 6 heteroatoms. The van der Waals surface area contributed by atoms with Crippen molar-refractivity contribution in [3.63, 3.8) is 0 Å². The first-order valence-corrected chi connectivity index (χ1v) is 9.45. The molecule has 0 fully saturated rings. The molecule has 0 N–H and O–H groups in total. The van der Waals surface area contributed by atoms with E-state index in [-0.39, 0.29) is 11.1 Å². The van der Waals surface area contributed by atoms with Crippen LogP contribution in [0.3, 0.4) is 0 Å². The van der Waals surface area contributed by atoms with Crippen molar-refractivity contribution in [2.24, 2.45) is 0 Å². The van der Waals surface area contributed by atoms with E-state index >= 15 is 0 Å². The molecule has 5 nitrogen and oxygen atoms in total. The fourth-order valence-corrected chi connectivity index (χ4v) is 3.89. The maximum Gasteiger partial charge on any atom is 0.273 e. The van der Waals surface area contributed by atoms with Gasteiger partial charge in [0.25, 0.3) is 5.56 Å². The molecule has 28 heavy (non-hydrogen) atoms. The Hall–Kier alpha value is -3.61. The van der Waals surface area contributed by atoms with Gasteiger partial charge in [0.2, 0.25) is 0 Å². The van der Waals surface area contributed by atoms with Crippen LogP contribution in [0.15, 0.2) is 53.3 Å². The highest BCUT2D eigenvalue weighted by molar-refractivity contribution is 7.07. The molecule has 138 valence electrons. The topological polar surface area (TPSA) is 78.8 Å². The van der Waals surface area contributed by atoms with Crippen molar-refractivity contribution in [1.29, 1.82) is 10.5 Å². The summed E-state index contributed by atoms with van der Waals surface area (Å²) in [5, 5.41) is 18.8. The van der Waals surface area contributed by atoms with Gasteiger partial charge in [0.1, 0.15) is 22.6 Å². The standard InChI is InChI=1S/C22H17N3O2S/c1-3-15-7-6-9-18(11-15)25-21(26)20(28-22(25)17(13-23)14-24)12-16-8-4-5-10-19(16)27-2/h4-12H,3H2,1-2H3/b20-12+. The Kier molecular flexibility index (Phi) is 5.74. The molecule has 0 aliphatic rings. The Labute approximate surface area is 166 Å². The molecule has 0 aliphatic carbocycles. The first-order chi connectivity index (χ1) is 13.6. The predicted molar refractivity (Wildman–Crippen MR) is 110 cm³/mol. The predicted octanol–water partition coefficient (Wildman–Crippen LogP) is 2.50. The van der Waals surface area contributed by atoms with Crippen LogP contribution in [0.1, 0.15) is 18.1 Å². The third-order valence-electron chi connectivity index (χ3n) is 4.26. The molecular weight excluding hydrogens is 370 g/mol. The number of aromatic nitrogens is 1. The summed E-state index contributed by atoms with van der Waals surface area (Å²) in [5.41, 5.74) is 2.08. The van der Waals surface area contributed by atoms with Crippen LogP contribution in [-0.4, -0.2) is 11.7 Å². The van der Waals surface area contributed by atoms with Crippen molar-refractivity contribution >= 4 is 23.0 Å². The number of ether oxygens (including phenoxy) is 1. The zero-order chi connectivity index (χ0) is 20.1. The van der Waals surface area contributed by atoms with E-state index in [2.05, 4.69) is 0 Å². The molecule has 0 atom stereocenters.